The third kappa shape index (κ3) is 2.77. The molecule has 4 heterocycles. The van der Waals surface area contributed by atoms with Crippen LogP contribution in [0, 0.1) is 5.92 Å². The highest BCUT2D eigenvalue weighted by molar-refractivity contribution is 5.05. The zero-order chi connectivity index (χ0) is 14.4. The van der Waals surface area contributed by atoms with Crippen LogP contribution < -0.4 is 0 Å². The summed E-state index contributed by atoms with van der Waals surface area (Å²) in [7, 11) is 0. The van der Waals surface area contributed by atoms with Crippen LogP contribution >= 0.6 is 0 Å². The van der Waals surface area contributed by atoms with Gasteiger partial charge in [0.25, 0.3) is 0 Å². The summed E-state index contributed by atoms with van der Waals surface area (Å²) in [4.78, 5) is 8.35. The Morgan fingerprint density at radius 1 is 0.905 bits per heavy atom. The lowest BCUT2D eigenvalue weighted by Crippen LogP contribution is -2.72. The molecular formula is C18H33N3. The van der Waals surface area contributed by atoms with Gasteiger partial charge in [0.1, 0.15) is 0 Å². The first-order chi connectivity index (χ1) is 10.2. The number of hydrogen-bond acceptors (Lipinski definition) is 3. The van der Waals surface area contributed by atoms with Gasteiger partial charge in [-0.3, -0.25) is 9.80 Å². The van der Waals surface area contributed by atoms with E-state index in [4.69, 9.17) is 0 Å². The van der Waals surface area contributed by atoms with E-state index < -0.39 is 0 Å². The molecule has 2 bridgehead atoms. The maximum atomic E-state index is 2.89. The van der Waals surface area contributed by atoms with Gasteiger partial charge in [-0.05, 0) is 65.0 Å². The Morgan fingerprint density at radius 3 is 2.10 bits per heavy atom. The molecule has 1 saturated carbocycles. The number of hydrogen-bond donors (Lipinski definition) is 0. The average Bonchev–Trinajstić information content (AvgIpc) is 2.43. The Hall–Kier alpha value is -0.120. The Bertz CT molecular complexity index is 345. The van der Waals surface area contributed by atoms with Gasteiger partial charge in [0.05, 0.1) is 0 Å². The number of nitrogens with zero attached hydrogens (tertiary/aromatic N) is 3. The molecule has 0 aromatic carbocycles. The number of rotatable bonds is 4. The largest absolute Gasteiger partial charge is 0.301 e. The molecule has 0 aromatic rings. The van der Waals surface area contributed by atoms with Gasteiger partial charge in [0.15, 0.2) is 0 Å². The van der Waals surface area contributed by atoms with Crippen LogP contribution in [0.25, 0.3) is 0 Å². The quantitative estimate of drug-likeness (QED) is 0.787. The first kappa shape index (κ1) is 14.5. The number of fused-ring (bicyclic) bond motifs is 2. The van der Waals surface area contributed by atoms with Gasteiger partial charge in [-0.2, -0.15) is 0 Å². The lowest BCUT2D eigenvalue weighted by atomic mass is 9.79. The summed E-state index contributed by atoms with van der Waals surface area (Å²) in [6.45, 7) is 11.5. The van der Waals surface area contributed by atoms with Crippen molar-refractivity contribution in [3.05, 3.63) is 0 Å². The standard InChI is InChI=1S/C18H33N3/c1-14(2)20-8-6-15(7-9-20)11-19-12-17-10-18(13-19)21(17)16-4-3-5-16/h14-18H,3-13H2,1-2H3. The van der Waals surface area contributed by atoms with Gasteiger partial charge < -0.3 is 4.90 Å². The van der Waals surface area contributed by atoms with Gasteiger partial charge in [-0.1, -0.05) is 6.42 Å². The summed E-state index contributed by atoms with van der Waals surface area (Å²) in [5.41, 5.74) is 0. The summed E-state index contributed by atoms with van der Waals surface area (Å²) in [5.74, 6) is 0.967. The molecule has 3 heteroatoms. The highest BCUT2D eigenvalue weighted by Crippen LogP contribution is 2.40. The van der Waals surface area contributed by atoms with Crippen LogP contribution in [-0.4, -0.2) is 71.6 Å². The molecule has 2 atom stereocenters. The molecule has 4 saturated heterocycles. The Balaban J connectivity index is 1.23. The van der Waals surface area contributed by atoms with E-state index in [1.807, 2.05) is 0 Å². The van der Waals surface area contributed by atoms with Gasteiger partial charge in [0, 0.05) is 43.8 Å². The molecule has 2 unspecified atom stereocenters. The SMILES string of the molecule is CC(C)N1CCC(CN2CC3CC(C2)N3C2CCC2)CC1. The van der Waals surface area contributed by atoms with Crippen LogP contribution in [0.3, 0.4) is 0 Å². The predicted molar refractivity (Wildman–Crippen MR) is 87.5 cm³/mol. The molecule has 5 rings (SSSR count). The first-order valence-electron chi connectivity index (χ1n) is 9.44. The second-order valence-corrected chi connectivity index (χ2v) is 8.37. The van der Waals surface area contributed by atoms with E-state index in [9.17, 15) is 0 Å². The van der Waals surface area contributed by atoms with Crippen LogP contribution in [0.5, 0.6) is 0 Å². The molecular weight excluding hydrogens is 258 g/mol. The van der Waals surface area contributed by atoms with E-state index >= 15 is 0 Å². The maximum absolute atomic E-state index is 2.89. The summed E-state index contributed by atoms with van der Waals surface area (Å²) < 4.78 is 0. The van der Waals surface area contributed by atoms with Crippen molar-refractivity contribution in [1.82, 2.24) is 14.7 Å². The van der Waals surface area contributed by atoms with Gasteiger partial charge >= 0.3 is 0 Å². The van der Waals surface area contributed by atoms with Gasteiger partial charge in [-0.15, -0.1) is 0 Å². The van der Waals surface area contributed by atoms with Crippen molar-refractivity contribution in [2.75, 3.05) is 32.7 Å². The van der Waals surface area contributed by atoms with Crippen LogP contribution in [0.15, 0.2) is 0 Å². The smallest absolute Gasteiger partial charge is 0.0244 e. The first-order valence-corrected chi connectivity index (χ1v) is 9.44. The van der Waals surface area contributed by atoms with E-state index in [-0.39, 0.29) is 0 Å². The molecule has 0 spiro atoms. The molecule has 120 valence electrons. The van der Waals surface area contributed by atoms with Crippen molar-refractivity contribution < 1.29 is 0 Å². The molecule has 0 aromatic heterocycles. The fourth-order valence-corrected chi connectivity index (χ4v) is 5.17. The second kappa shape index (κ2) is 5.82. The zero-order valence-electron chi connectivity index (χ0n) is 14.0. The molecule has 3 nitrogen and oxygen atoms in total. The predicted octanol–water partition coefficient (Wildman–Crippen LogP) is 2.42. The Kier molecular flexibility index (Phi) is 4.01. The second-order valence-electron chi connectivity index (χ2n) is 8.37. The normalized spacial score (nSPS) is 36.7. The zero-order valence-corrected chi connectivity index (χ0v) is 14.0. The fraction of sp³-hybridized carbons (Fsp3) is 1.00. The third-order valence-corrected chi connectivity index (χ3v) is 6.72. The van der Waals surface area contributed by atoms with Crippen LogP contribution in [0.4, 0.5) is 0 Å². The van der Waals surface area contributed by atoms with Crippen molar-refractivity contribution in [2.24, 2.45) is 5.92 Å². The molecule has 5 fully saturated rings. The lowest BCUT2D eigenvalue weighted by molar-refractivity contribution is -0.116. The highest BCUT2D eigenvalue weighted by Gasteiger charge is 2.48. The van der Waals surface area contributed by atoms with Gasteiger partial charge in [-0.25, -0.2) is 0 Å². The molecule has 0 radical (unpaired) electrons. The van der Waals surface area contributed by atoms with Crippen molar-refractivity contribution in [3.63, 3.8) is 0 Å². The average molecular weight is 291 g/mol. The van der Waals surface area contributed by atoms with Crippen LogP contribution in [-0.2, 0) is 0 Å². The van der Waals surface area contributed by atoms with Crippen molar-refractivity contribution >= 4 is 0 Å². The monoisotopic (exact) mass is 291 g/mol. The maximum Gasteiger partial charge on any atom is 0.0244 e. The van der Waals surface area contributed by atoms with Crippen molar-refractivity contribution in [3.8, 4) is 0 Å². The summed E-state index contributed by atoms with van der Waals surface area (Å²) >= 11 is 0. The molecule has 5 aliphatic rings. The minimum Gasteiger partial charge on any atom is -0.301 e. The minimum absolute atomic E-state index is 0.740. The fourth-order valence-electron chi connectivity index (χ4n) is 5.17. The molecule has 4 aliphatic heterocycles. The molecule has 1 aliphatic carbocycles. The minimum atomic E-state index is 0.740. The van der Waals surface area contributed by atoms with E-state index in [1.54, 1.807) is 0 Å². The van der Waals surface area contributed by atoms with E-state index in [0.29, 0.717) is 0 Å². The Labute approximate surface area is 130 Å². The summed E-state index contributed by atoms with van der Waals surface area (Å²) in [6.07, 6.45) is 8.81. The lowest BCUT2D eigenvalue weighted by Gasteiger charge is -2.61. The van der Waals surface area contributed by atoms with Crippen molar-refractivity contribution in [1.29, 1.82) is 0 Å². The van der Waals surface area contributed by atoms with Crippen molar-refractivity contribution in [2.45, 2.75) is 76.5 Å². The van der Waals surface area contributed by atoms with E-state index in [1.165, 1.54) is 71.2 Å². The number of likely N-dealkylation sites (tertiary alicyclic amines) is 1. The number of piperidine rings is 2. The highest BCUT2D eigenvalue weighted by atomic mass is 15.4. The summed E-state index contributed by atoms with van der Waals surface area (Å²) in [6, 6.07) is 3.56. The summed E-state index contributed by atoms with van der Waals surface area (Å²) in [5, 5.41) is 0. The third-order valence-electron chi connectivity index (χ3n) is 6.72. The topological polar surface area (TPSA) is 9.72 Å². The molecule has 21 heavy (non-hydrogen) atoms. The number of piperazine rings is 1. The van der Waals surface area contributed by atoms with Crippen LogP contribution in [0.1, 0.15) is 52.4 Å². The van der Waals surface area contributed by atoms with Crippen LogP contribution in [0.2, 0.25) is 0 Å². The van der Waals surface area contributed by atoms with Gasteiger partial charge in [0.2, 0.25) is 0 Å². The molecule has 0 amide bonds. The Morgan fingerprint density at radius 2 is 1.57 bits per heavy atom. The van der Waals surface area contributed by atoms with E-state index in [2.05, 4.69) is 28.5 Å². The molecule has 0 N–H and O–H groups in total. The van der Waals surface area contributed by atoms with E-state index in [0.717, 1.165) is 30.1 Å².